The molecular weight excluding hydrogens is 465 g/mol. The highest BCUT2D eigenvalue weighted by atomic mass is 35.5. The van der Waals surface area contributed by atoms with Crippen molar-refractivity contribution in [2.45, 2.75) is 13.8 Å². The van der Waals surface area contributed by atoms with Gasteiger partial charge in [0.25, 0.3) is 5.91 Å². The normalized spacial score (nSPS) is 10.8. The van der Waals surface area contributed by atoms with Crippen LogP contribution in [-0.2, 0) is 0 Å². The summed E-state index contributed by atoms with van der Waals surface area (Å²) in [6, 6.07) is 16.3. The van der Waals surface area contributed by atoms with Gasteiger partial charge in [-0.2, -0.15) is 0 Å². The molecule has 0 saturated heterocycles. The lowest BCUT2D eigenvalue weighted by Gasteiger charge is -2.12. The molecule has 1 heterocycles. The van der Waals surface area contributed by atoms with Crippen LogP contribution in [0.5, 0.6) is 0 Å². The molecule has 0 unspecified atom stereocenters. The van der Waals surface area contributed by atoms with E-state index in [2.05, 4.69) is 52.1 Å². The zero-order valence-corrected chi connectivity index (χ0v) is 19.5. The van der Waals surface area contributed by atoms with E-state index in [1.54, 1.807) is 30.3 Å². The van der Waals surface area contributed by atoms with E-state index in [0.29, 0.717) is 21.3 Å². The van der Waals surface area contributed by atoms with E-state index < -0.39 is 0 Å². The molecule has 4 N–H and O–H groups in total. The lowest BCUT2D eigenvalue weighted by atomic mass is 10.1. The lowest BCUT2D eigenvalue weighted by molar-refractivity contribution is 0.0944. The summed E-state index contributed by atoms with van der Waals surface area (Å²) >= 11 is 17.1. The standard InChI is InChI=1S/C23H19Cl2N5OS/c1-12-9-19-20(10-13(12)2)28-21(27-19)14-3-5-15(6-4-14)22(31)29-30-23(32)26-16-7-8-17(24)18(25)11-16/h3-11H,1-2H3,(H,27,28)(H,29,31)(H2,26,30,32). The number of aromatic amines is 1. The van der Waals surface area contributed by atoms with Crippen molar-refractivity contribution in [3.63, 3.8) is 0 Å². The van der Waals surface area contributed by atoms with Crippen LogP contribution in [-0.4, -0.2) is 21.0 Å². The minimum Gasteiger partial charge on any atom is -0.338 e. The van der Waals surface area contributed by atoms with Gasteiger partial charge in [-0.3, -0.25) is 15.6 Å². The molecule has 1 amide bonds. The second kappa shape index (κ2) is 9.16. The van der Waals surface area contributed by atoms with Crippen molar-refractivity contribution in [1.82, 2.24) is 20.8 Å². The minimum absolute atomic E-state index is 0.209. The van der Waals surface area contributed by atoms with Gasteiger partial charge in [-0.1, -0.05) is 35.3 Å². The maximum absolute atomic E-state index is 12.4. The Morgan fingerprint density at radius 3 is 2.38 bits per heavy atom. The summed E-state index contributed by atoms with van der Waals surface area (Å²) in [6.07, 6.45) is 0. The number of fused-ring (bicyclic) bond motifs is 1. The third-order valence-electron chi connectivity index (χ3n) is 4.98. The smallest absolute Gasteiger partial charge is 0.269 e. The molecule has 0 aliphatic heterocycles. The van der Waals surface area contributed by atoms with Crippen molar-refractivity contribution in [3.05, 3.63) is 81.3 Å². The number of aromatic nitrogens is 2. The lowest BCUT2D eigenvalue weighted by Crippen LogP contribution is -2.43. The number of nitrogens with one attached hydrogen (secondary N) is 4. The number of hydrazine groups is 1. The molecule has 0 bridgehead atoms. The number of thiocarbonyl (C=S) groups is 1. The number of benzene rings is 3. The quantitative estimate of drug-likeness (QED) is 0.219. The molecule has 162 valence electrons. The number of rotatable bonds is 3. The predicted molar refractivity (Wildman–Crippen MR) is 134 cm³/mol. The van der Waals surface area contributed by atoms with E-state index in [-0.39, 0.29) is 11.0 Å². The first-order valence-corrected chi connectivity index (χ1v) is 10.9. The van der Waals surface area contributed by atoms with Crippen molar-refractivity contribution < 1.29 is 4.79 Å². The zero-order chi connectivity index (χ0) is 22.8. The number of carbonyl (C=O) groups is 1. The third kappa shape index (κ3) is 4.85. The van der Waals surface area contributed by atoms with Crippen LogP contribution in [0.15, 0.2) is 54.6 Å². The topological polar surface area (TPSA) is 81.8 Å². The van der Waals surface area contributed by atoms with Gasteiger partial charge in [0.15, 0.2) is 5.11 Å². The largest absolute Gasteiger partial charge is 0.338 e. The van der Waals surface area contributed by atoms with E-state index in [9.17, 15) is 4.79 Å². The Morgan fingerprint density at radius 1 is 0.938 bits per heavy atom. The number of anilines is 1. The second-order valence-electron chi connectivity index (χ2n) is 7.28. The SMILES string of the molecule is Cc1cc2nc(-c3ccc(C(=O)NNC(=S)Nc4ccc(Cl)c(Cl)c4)cc3)[nH]c2cc1C. The van der Waals surface area contributed by atoms with E-state index in [1.165, 1.54) is 11.1 Å². The number of nitrogens with zero attached hydrogens (tertiary/aromatic N) is 1. The Bertz CT molecular complexity index is 1300. The summed E-state index contributed by atoms with van der Waals surface area (Å²) in [5.74, 6) is 0.424. The summed E-state index contributed by atoms with van der Waals surface area (Å²) in [5, 5.41) is 3.97. The molecule has 0 atom stereocenters. The van der Waals surface area contributed by atoms with Crippen LogP contribution in [0.2, 0.25) is 10.0 Å². The second-order valence-corrected chi connectivity index (χ2v) is 8.50. The van der Waals surface area contributed by atoms with Crippen LogP contribution in [0, 0.1) is 13.8 Å². The van der Waals surface area contributed by atoms with Gasteiger partial charge in [-0.05, 0) is 79.7 Å². The Morgan fingerprint density at radius 2 is 1.66 bits per heavy atom. The van der Waals surface area contributed by atoms with Crippen LogP contribution >= 0.6 is 35.4 Å². The average molecular weight is 484 g/mol. The molecule has 1 aromatic heterocycles. The minimum atomic E-state index is -0.328. The molecule has 0 fully saturated rings. The first-order chi connectivity index (χ1) is 15.3. The number of hydrogen-bond donors (Lipinski definition) is 4. The monoisotopic (exact) mass is 483 g/mol. The van der Waals surface area contributed by atoms with Crippen molar-refractivity contribution in [2.75, 3.05) is 5.32 Å². The van der Waals surface area contributed by atoms with Gasteiger partial charge < -0.3 is 10.3 Å². The molecule has 0 radical (unpaired) electrons. The molecule has 3 aromatic carbocycles. The van der Waals surface area contributed by atoms with Crippen LogP contribution in [0.25, 0.3) is 22.4 Å². The Labute approximate surface area is 200 Å². The van der Waals surface area contributed by atoms with Gasteiger partial charge in [0, 0.05) is 16.8 Å². The molecule has 32 heavy (non-hydrogen) atoms. The number of H-pyrrole nitrogens is 1. The van der Waals surface area contributed by atoms with Crippen LogP contribution in [0.3, 0.4) is 0 Å². The molecule has 0 aliphatic rings. The number of carbonyl (C=O) groups excluding carboxylic acids is 1. The van der Waals surface area contributed by atoms with Crippen LogP contribution in [0.4, 0.5) is 5.69 Å². The van der Waals surface area contributed by atoms with Crippen LogP contribution in [0.1, 0.15) is 21.5 Å². The average Bonchev–Trinajstić information content (AvgIpc) is 3.17. The van der Waals surface area contributed by atoms with Crippen LogP contribution < -0.4 is 16.2 Å². The molecule has 4 aromatic rings. The fourth-order valence-electron chi connectivity index (χ4n) is 3.11. The predicted octanol–water partition coefficient (Wildman–Crippen LogP) is 5.78. The Hall–Kier alpha value is -3.13. The van der Waals surface area contributed by atoms with Crippen molar-refractivity contribution in [3.8, 4) is 11.4 Å². The molecule has 0 spiro atoms. The number of halogens is 2. The number of amides is 1. The number of aryl methyl sites for hydroxylation is 2. The maximum Gasteiger partial charge on any atom is 0.269 e. The first kappa shape index (κ1) is 22.1. The Kier molecular flexibility index (Phi) is 6.32. The fourth-order valence-corrected chi connectivity index (χ4v) is 3.57. The van der Waals surface area contributed by atoms with Gasteiger partial charge in [0.1, 0.15) is 5.82 Å². The summed E-state index contributed by atoms with van der Waals surface area (Å²) in [4.78, 5) is 20.4. The zero-order valence-electron chi connectivity index (χ0n) is 17.2. The summed E-state index contributed by atoms with van der Waals surface area (Å²) in [7, 11) is 0. The summed E-state index contributed by atoms with van der Waals surface area (Å²) < 4.78 is 0. The maximum atomic E-state index is 12.4. The van der Waals surface area contributed by atoms with E-state index in [1.807, 2.05) is 12.1 Å². The highest BCUT2D eigenvalue weighted by molar-refractivity contribution is 7.80. The van der Waals surface area contributed by atoms with E-state index in [0.717, 1.165) is 22.4 Å². The van der Waals surface area contributed by atoms with Gasteiger partial charge in [-0.15, -0.1) is 0 Å². The molecule has 4 rings (SSSR count). The first-order valence-electron chi connectivity index (χ1n) is 9.70. The fraction of sp³-hybridized carbons (Fsp3) is 0.0870. The van der Waals surface area contributed by atoms with Gasteiger partial charge in [-0.25, -0.2) is 4.98 Å². The van der Waals surface area contributed by atoms with E-state index >= 15 is 0 Å². The molecule has 6 nitrogen and oxygen atoms in total. The molecule has 0 saturated carbocycles. The highest BCUT2D eigenvalue weighted by Crippen LogP contribution is 2.25. The highest BCUT2D eigenvalue weighted by Gasteiger charge is 2.10. The van der Waals surface area contributed by atoms with Crippen molar-refractivity contribution in [1.29, 1.82) is 0 Å². The number of hydrogen-bond acceptors (Lipinski definition) is 3. The Balaban J connectivity index is 1.38. The third-order valence-corrected chi connectivity index (χ3v) is 5.93. The number of imidazole rings is 1. The summed E-state index contributed by atoms with van der Waals surface area (Å²) in [5.41, 5.74) is 11.5. The van der Waals surface area contributed by atoms with Crippen molar-refractivity contribution in [2.24, 2.45) is 0 Å². The molecular formula is C23H19Cl2N5OS. The van der Waals surface area contributed by atoms with E-state index in [4.69, 9.17) is 35.4 Å². The molecule has 0 aliphatic carbocycles. The summed E-state index contributed by atoms with van der Waals surface area (Å²) in [6.45, 7) is 4.14. The van der Waals surface area contributed by atoms with Gasteiger partial charge >= 0.3 is 0 Å². The van der Waals surface area contributed by atoms with Crippen molar-refractivity contribution >= 4 is 63.2 Å². The molecule has 9 heteroatoms. The van der Waals surface area contributed by atoms with Gasteiger partial charge in [0.05, 0.1) is 21.1 Å². The van der Waals surface area contributed by atoms with Gasteiger partial charge in [0.2, 0.25) is 0 Å².